The molecule has 1 aromatic heterocycles. The number of aryl methyl sites for hydroxylation is 1. The Kier molecular flexibility index (Phi) is 3.37. The minimum atomic E-state index is -2.92. The Morgan fingerprint density at radius 2 is 2.19 bits per heavy atom. The highest BCUT2D eigenvalue weighted by atomic mass is 32.2. The number of hydrogen-bond donors (Lipinski definition) is 1. The lowest BCUT2D eigenvalue weighted by atomic mass is 10.1. The van der Waals surface area contributed by atoms with Crippen molar-refractivity contribution in [1.29, 1.82) is 0 Å². The van der Waals surface area contributed by atoms with Gasteiger partial charge in [-0.15, -0.1) is 11.3 Å². The van der Waals surface area contributed by atoms with Gasteiger partial charge in [0.15, 0.2) is 9.84 Å². The van der Waals surface area contributed by atoms with Crippen molar-refractivity contribution in [3.8, 4) is 0 Å². The van der Waals surface area contributed by atoms with E-state index in [0.717, 1.165) is 11.4 Å². The van der Waals surface area contributed by atoms with Gasteiger partial charge in [-0.2, -0.15) is 0 Å². The molecule has 3 nitrogen and oxygen atoms in total. The lowest BCUT2D eigenvalue weighted by Crippen LogP contribution is -2.26. The molecule has 0 saturated carbocycles. The zero-order valence-corrected chi connectivity index (χ0v) is 11.2. The van der Waals surface area contributed by atoms with Crippen LogP contribution in [0.1, 0.15) is 23.4 Å². The molecule has 1 aliphatic heterocycles. The van der Waals surface area contributed by atoms with Gasteiger partial charge in [-0.25, -0.2) is 8.42 Å². The molecule has 1 N–H and O–H groups in total. The van der Waals surface area contributed by atoms with Gasteiger partial charge in [0.1, 0.15) is 0 Å². The van der Waals surface area contributed by atoms with Crippen LogP contribution in [0.5, 0.6) is 0 Å². The second-order valence-electron chi connectivity index (χ2n) is 4.61. The van der Waals surface area contributed by atoms with Crippen LogP contribution in [-0.2, 0) is 9.84 Å². The van der Waals surface area contributed by atoms with Crippen molar-refractivity contribution in [3.05, 3.63) is 21.9 Å². The highest BCUT2D eigenvalue weighted by Gasteiger charge is 2.28. The van der Waals surface area contributed by atoms with Gasteiger partial charge in [0.25, 0.3) is 0 Å². The van der Waals surface area contributed by atoms with Gasteiger partial charge in [0.05, 0.1) is 17.5 Å². The Morgan fingerprint density at radius 1 is 1.44 bits per heavy atom. The Hall–Kier alpha value is -0.390. The second kappa shape index (κ2) is 4.47. The zero-order valence-electron chi connectivity index (χ0n) is 9.56. The zero-order chi connectivity index (χ0) is 11.8. The average molecular weight is 259 g/mol. The predicted molar refractivity (Wildman–Crippen MR) is 67.6 cm³/mol. The first-order valence-corrected chi connectivity index (χ1v) is 8.16. The molecule has 0 amide bonds. The monoisotopic (exact) mass is 259 g/mol. The summed E-state index contributed by atoms with van der Waals surface area (Å²) in [4.78, 5) is 1.16. The number of sulfone groups is 1. The highest BCUT2D eigenvalue weighted by Crippen LogP contribution is 2.27. The van der Waals surface area contributed by atoms with E-state index in [2.05, 4.69) is 5.32 Å². The number of nitrogens with one attached hydrogen (secondary N) is 1. The van der Waals surface area contributed by atoms with Crippen LogP contribution in [0.25, 0.3) is 0 Å². The summed E-state index contributed by atoms with van der Waals surface area (Å²) in [5, 5.41) is 5.38. The van der Waals surface area contributed by atoms with Crippen LogP contribution in [0, 0.1) is 12.8 Å². The summed E-state index contributed by atoms with van der Waals surface area (Å²) in [6.07, 6.45) is 0. The smallest absolute Gasteiger partial charge is 0.152 e. The Bertz CT molecular complexity index is 464. The van der Waals surface area contributed by atoms with Crippen LogP contribution in [0.2, 0.25) is 0 Å². The molecule has 16 heavy (non-hydrogen) atoms. The molecule has 1 saturated heterocycles. The molecule has 90 valence electrons. The molecule has 1 fully saturated rings. The summed E-state index contributed by atoms with van der Waals surface area (Å²) in [5.41, 5.74) is 1.19. The summed E-state index contributed by atoms with van der Waals surface area (Å²) in [7, 11) is -2.92. The van der Waals surface area contributed by atoms with Crippen LogP contribution >= 0.6 is 11.3 Å². The first-order chi connectivity index (χ1) is 7.48. The fraction of sp³-hybridized carbons (Fsp3) is 0.636. The van der Waals surface area contributed by atoms with Crippen LogP contribution in [0.15, 0.2) is 11.4 Å². The summed E-state index contributed by atoms with van der Waals surface area (Å²) in [5.74, 6) is 0.745. The maximum Gasteiger partial charge on any atom is 0.152 e. The second-order valence-corrected chi connectivity index (χ2v) is 7.71. The van der Waals surface area contributed by atoms with Crippen LogP contribution < -0.4 is 5.32 Å². The van der Waals surface area contributed by atoms with Crippen molar-refractivity contribution in [3.63, 3.8) is 0 Å². The van der Waals surface area contributed by atoms with Gasteiger partial charge in [0, 0.05) is 4.88 Å². The molecular weight excluding hydrogens is 242 g/mol. The van der Waals surface area contributed by atoms with Gasteiger partial charge in [-0.1, -0.05) is 6.92 Å². The van der Waals surface area contributed by atoms with E-state index in [1.54, 1.807) is 11.3 Å². The van der Waals surface area contributed by atoms with E-state index in [-0.39, 0.29) is 17.7 Å². The van der Waals surface area contributed by atoms with Crippen LogP contribution in [0.4, 0.5) is 0 Å². The standard InChI is InChI=1S/C11H17NO2S2/c1-8-5-12-10(7-16(13,14)6-8)11-9(2)3-4-15-11/h3-4,8,10,12H,5-7H2,1-2H3. The number of rotatable bonds is 1. The third-order valence-electron chi connectivity index (χ3n) is 2.89. The highest BCUT2D eigenvalue weighted by molar-refractivity contribution is 7.91. The molecule has 0 radical (unpaired) electrons. The van der Waals surface area contributed by atoms with Gasteiger partial charge in [0.2, 0.25) is 0 Å². The van der Waals surface area contributed by atoms with Crippen LogP contribution in [-0.4, -0.2) is 26.5 Å². The van der Waals surface area contributed by atoms with Gasteiger partial charge >= 0.3 is 0 Å². The molecule has 2 atom stereocenters. The topological polar surface area (TPSA) is 46.2 Å². The van der Waals surface area contributed by atoms with Crippen molar-refractivity contribution in [2.45, 2.75) is 19.9 Å². The van der Waals surface area contributed by atoms with Crippen molar-refractivity contribution < 1.29 is 8.42 Å². The fourth-order valence-corrected chi connectivity index (χ4v) is 5.15. The maximum atomic E-state index is 11.9. The molecule has 0 spiro atoms. The lowest BCUT2D eigenvalue weighted by Gasteiger charge is -2.15. The molecule has 1 aliphatic rings. The van der Waals surface area contributed by atoms with Crippen molar-refractivity contribution in [1.82, 2.24) is 5.32 Å². The lowest BCUT2D eigenvalue weighted by molar-refractivity contribution is 0.521. The van der Waals surface area contributed by atoms with E-state index < -0.39 is 9.84 Å². The molecule has 1 aromatic rings. The molecule has 2 rings (SSSR count). The molecule has 2 heterocycles. The fourth-order valence-electron chi connectivity index (χ4n) is 2.13. The van der Waals surface area contributed by atoms with Crippen LogP contribution in [0.3, 0.4) is 0 Å². The van der Waals surface area contributed by atoms with E-state index in [1.807, 2.05) is 25.3 Å². The van der Waals surface area contributed by atoms with Gasteiger partial charge < -0.3 is 5.32 Å². The third-order valence-corrected chi connectivity index (χ3v) is 5.94. The van der Waals surface area contributed by atoms with E-state index in [9.17, 15) is 8.42 Å². The number of hydrogen-bond acceptors (Lipinski definition) is 4. The molecule has 5 heteroatoms. The first kappa shape index (κ1) is 12.1. The summed E-state index contributed by atoms with van der Waals surface area (Å²) < 4.78 is 23.7. The third kappa shape index (κ3) is 2.64. The minimum absolute atomic E-state index is 0.0186. The molecule has 2 unspecified atom stereocenters. The normalized spacial score (nSPS) is 29.9. The summed E-state index contributed by atoms with van der Waals surface area (Å²) in [6, 6.07) is 2.03. The summed E-state index contributed by atoms with van der Waals surface area (Å²) in [6.45, 7) is 4.80. The molecule has 0 bridgehead atoms. The van der Waals surface area contributed by atoms with Crippen molar-refractivity contribution in [2.24, 2.45) is 5.92 Å². The minimum Gasteiger partial charge on any atom is -0.308 e. The van der Waals surface area contributed by atoms with Crippen molar-refractivity contribution in [2.75, 3.05) is 18.1 Å². The Balaban J connectivity index is 2.27. The van der Waals surface area contributed by atoms with Gasteiger partial charge in [-0.05, 0) is 36.4 Å². The largest absolute Gasteiger partial charge is 0.308 e. The number of thiophene rings is 1. The first-order valence-electron chi connectivity index (χ1n) is 5.46. The Labute approximate surface area is 101 Å². The van der Waals surface area contributed by atoms with E-state index in [4.69, 9.17) is 0 Å². The summed E-state index contributed by atoms with van der Waals surface area (Å²) >= 11 is 1.64. The molecule has 0 aromatic carbocycles. The maximum absolute atomic E-state index is 11.9. The van der Waals surface area contributed by atoms with E-state index in [0.29, 0.717) is 5.75 Å². The SMILES string of the molecule is Cc1ccsc1C1CS(=O)(=O)CC(C)CN1. The van der Waals surface area contributed by atoms with Gasteiger partial charge in [-0.3, -0.25) is 0 Å². The molecular formula is C11H17NO2S2. The van der Waals surface area contributed by atoms with Crippen molar-refractivity contribution >= 4 is 21.2 Å². The van der Waals surface area contributed by atoms with E-state index >= 15 is 0 Å². The quantitative estimate of drug-likeness (QED) is 0.836. The predicted octanol–water partition coefficient (Wildman–Crippen LogP) is 1.75. The molecule has 0 aliphatic carbocycles. The Morgan fingerprint density at radius 3 is 2.81 bits per heavy atom. The van der Waals surface area contributed by atoms with E-state index in [1.165, 1.54) is 5.56 Å². The average Bonchev–Trinajstić information content (AvgIpc) is 2.52.